The number of nitrogens with zero attached hydrogens (tertiary/aromatic N) is 2. The van der Waals surface area contributed by atoms with Crippen LogP contribution in [0.5, 0.6) is 0 Å². The van der Waals surface area contributed by atoms with Gasteiger partial charge in [0.2, 0.25) is 10.0 Å². The van der Waals surface area contributed by atoms with Gasteiger partial charge in [0.05, 0.1) is 3.79 Å². The zero-order valence-corrected chi connectivity index (χ0v) is 13.8. The Bertz CT molecular complexity index is 708. The lowest BCUT2D eigenvalue weighted by atomic mass is 10.00. The van der Waals surface area contributed by atoms with Crippen molar-refractivity contribution in [2.45, 2.75) is 23.6 Å². The van der Waals surface area contributed by atoms with E-state index in [0.717, 1.165) is 29.0 Å². The van der Waals surface area contributed by atoms with Crippen molar-refractivity contribution >= 4 is 37.3 Å². The summed E-state index contributed by atoms with van der Waals surface area (Å²) in [6.45, 7) is 1.29. The fourth-order valence-electron chi connectivity index (χ4n) is 2.34. The van der Waals surface area contributed by atoms with Crippen LogP contribution in [0.15, 0.2) is 32.5 Å². The van der Waals surface area contributed by atoms with Crippen molar-refractivity contribution in [3.8, 4) is 0 Å². The molecule has 0 saturated carbocycles. The van der Waals surface area contributed by atoms with Gasteiger partial charge in [0.25, 0.3) is 0 Å². The van der Waals surface area contributed by atoms with Crippen molar-refractivity contribution in [1.82, 2.24) is 14.3 Å². The molecule has 2 aromatic heterocycles. The molecule has 0 aromatic carbocycles. The second-order valence-electron chi connectivity index (χ2n) is 4.81. The van der Waals surface area contributed by atoms with Gasteiger partial charge in [-0.2, -0.15) is 0 Å². The number of hydrogen-bond acceptors (Lipinski definition) is 4. The predicted molar refractivity (Wildman–Crippen MR) is 81.2 cm³/mol. The van der Waals surface area contributed by atoms with Crippen LogP contribution in [0.2, 0.25) is 0 Å². The molecule has 1 atom stereocenters. The lowest BCUT2D eigenvalue weighted by Gasteiger charge is -2.23. The summed E-state index contributed by atoms with van der Waals surface area (Å²) in [4.78, 5) is 4.27. The topological polar surface area (TPSA) is 64.0 Å². The Balaban J connectivity index is 1.63. The Kier molecular flexibility index (Phi) is 3.98. The van der Waals surface area contributed by atoms with Gasteiger partial charge in [0.15, 0.2) is 0 Å². The quantitative estimate of drug-likeness (QED) is 0.890. The zero-order valence-electron chi connectivity index (χ0n) is 10.6. The van der Waals surface area contributed by atoms with E-state index in [1.807, 2.05) is 6.20 Å². The first kappa shape index (κ1) is 14.2. The molecular formula is C12H14BrN3O2S2. The van der Waals surface area contributed by atoms with Gasteiger partial charge in [-0.05, 0) is 40.4 Å². The van der Waals surface area contributed by atoms with Gasteiger partial charge in [-0.3, -0.25) is 0 Å². The Labute approximate surface area is 130 Å². The third-order valence-electron chi connectivity index (χ3n) is 3.41. The molecule has 8 heteroatoms. The van der Waals surface area contributed by atoms with Gasteiger partial charge in [-0.15, -0.1) is 11.3 Å². The summed E-state index contributed by atoms with van der Waals surface area (Å²) in [6.07, 6.45) is 5.62. The number of halogens is 1. The Morgan fingerprint density at radius 2 is 2.35 bits per heavy atom. The third kappa shape index (κ3) is 2.98. The van der Waals surface area contributed by atoms with E-state index in [2.05, 4.69) is 30.2 Å². The summed E-state index contributed by atoms with van der Waals surface area (Å²) in [5.74, 6) is 1.40. The molecule has 1 N–H and O–H groups in total. The van der Waals surface area contributed by atoms with Crippen molar-refractivity contribution in [2.75, 3.05) is 6.54 Å². The molecule has 1 unspecified atom stereocenters. The number of aromatic nitrogens is 2. The van der Waals surface area contributed by atoms with E-state index in [1.54, 1.807) is 18.3 Å². The van der Waals surface area contributed by atoms with E-state index in [9.17, 15) is 8.42 Å². The van der Waals surface area contributed by atoms with Crippen LogP contribution in [0.3, 0.4) is 0 Å². The van der Waals surface area contributed by atoms with Crippen LogP contribution >= 0.6 is 27.3 Å². The zero-order chi connectivity index (χ0) is 14.2. The normalized spacial score (nSPS) is 18.9. The molecule has 5 nitrogen and oxygen atoms in total. The van der Waals surface area contributed by atoms with E-state index in [0.29, 0.717) is 16.7 Å². The maximum Gasteiger partial charge on any atom is 0.250 e. The smallest absolute Gasteiger partial charge is 0.250 e. The average molecular weight is 376 g/mol. The highest BCUT2D eigenvalue weighted by Crippen LogP contribution is 2.26. The third-order valence-corrected chi connectivity index (χ3v) is 6.95. The number of thiophene rings is 1. The summed E-state index contributed by atoms with van der Waals surface area (Å²) < 4.78 is 30.3. The summed E-state index contributed by atoms with van der Waals surface area (Å²) in [7, 11) is -3.39. The van der Waals surface area contributed by atoms with Crippen LogP contribution in [0, 0.1) is 5.92 Å². The van der Waals surface area contributed by atoms with E-state index < -0.39 is 10.0 Å². The van der Waals surface area contributed by atoms with Crippen molar-refractivity contribution in [3.05, 3.63) is 34.1 Å². The monoisotopic (exact) mass is 375 g/mol. The first-order chi connectivity index (χ1) is 9.54. The molecule has 0 radical (unpaired) electrons. The minimum Gasteiger partial charge on any atom is -0.335 e. The van der Waals surface area contributed by atoms with Gasteiger partial charge in [0, 0.05) is 31.9 Å². The highest BCUT2D eigenvalue weighted by molar-refractivity contribution is 9.11. The number of hydrogen-bond donors (Lipinski definition) is 1. The lowest BCUT2D eigenvalue weighted by Crippen LogP contribution is -2.33. The number of sulfonamides is 1. The highest BCUT2D eigenvalue weighted by Gasteiger charge is 2.22. The first-order valence-electron chi connectivity index (χ1n) is 6.29. The molecule has 3 rings (SSSR count). The molecule has 0 spiro atoms. The number of nitrogens with one attached hydrogen (secondary N) is 1. The molecule has 3 heterocycles. The minimum atomic E-state index is -3.39. The van der Waals surface area contributed by atoms with E-state index >= 15 is 0 Å². The van der Waals surface area contributed by atoms with Gasteiger partial charge >= 0.3 is 0 Å². The SMILES string of the molecule is O=S(=O)(NCC1CCc2nccn2C1)c1ccc(Br)s1. The maximum absolute atomic E-state index is 12.1. The van der Waals surface area contributed by atoms with Gasteiger partial charge in [-0.25, -0.2) is 18.1 Å². The maximum atomic E-state index is 12.1. The molecule has 0 bridgehead atoms. The summed E-state index contributed by atoms with van der Waals surface area (Å²) >= 11 is 4.50. The predicted octanol–water partition coefficient (Wildman–Crippen LogP) is 2.25. The molecule has 0 fully saturated rings. The minimum absolute atomic E-state index is 0.315. The van der Waals surface area contributed by atoms with Crippen LogP contribution < -0.4 is 4.72 Å². The second kappa shape index (κ2) is 5.59. The fraction of sp³-hybridized carbons (Fsp3) is 0.417. The van der Waals surface area contributed by atoms with Crippen molar-refractivity contribution in [3.63, 3.8) is 0 Å². The van der Waals surface area contributed by atoms with Crippen LogP contribution in [-0.2, 0) is 23.0 Å². The molecule has 0 saturated heterocycles. The molecule has 2 aromatic rings. The summed E-state index contributed by atoms with van der Waals surface area (Å²) in [5, 5.41) is 0. The van der Waals surface area contributed by atoms with Crippen LogP contribution in [0.1, 0.15) is 12.2 Å². The molecule has 1 aliphatic rings. The fourth-order valence-corrected chi connectivity index (χ4v) is 5.52. The van der Waals surface area contributed by atoms with Crippen LogP contribution in [-0.4, -0.2) is 24.5 Å². The van der Waals surface area contributed by atoms with Crippen molar-refractivity contribution < 1.29 is 8.42 Å². The second-order valence-corrected chi connectivity index (χ2v) is 9.27. The number of fused-ring (bicyclic) bond motifs is 1. The summed E-state index contributed by atoms with van der Waals surface area (Å²) in [6, 6.07) is 3.36. The standard InChI is InChI=1S/C12H14BrN3O2S2/c13-10-2-4-12(19-10)20(17,18)15-7-9-1-3-11-14-5-6-16(11)8-9/h2,4-6,9,15H,1,3,7-8H2. The summed E-state index contributed by atoms with van der Waals surface area (Å²) in [5.41, 5.74) is 0. The Hall–Kier alpha value is -0.700. The van der Waals surface area contributed by atoms with Gasteiger partial charge in [-0.1, -0.05) is 0 Å². The number of imidazole rings is 1. The van der Waals surface area contributed by atoms with Crippen LogP contribution in [0.25, 0.3) is 0 Å². The molecule has 0 amide bonds. The van der Waals surface area contributed by atoms with Crippen molar-refractivity contribution in [1.29, 1.82) is 0 Å². The molecule has 108 valence electrons. The Morgan fingerprint density at radius 3 is 3.10 bits per heavy atom. The molecular weight excluding hydrogens is 362 g/mol. The van der Waals surface area contributed by atoms with Gasteiger partial charge < -0.3 is 4.57 Å². The van der Waals surface area contributed by atoms with Crippen LogP contribution in [0.4, 0.5) is 0 Å². The highest BCUT2D eigenvalue weighted by atomic mass is 79.9. The molecule has 1 aliphatic heterocycles. The van der Waals surface area contributed by atoms with E-state index in [1.165, 1.54) is 11.3 Å². The number of aryl methyl sites for hydroxylation is 1. The lowest BCUT2D eigenvalue weighted by molar-refractivity contribution is 0.363. The molecule has 0 aliphatic carbocycles. The average Bonchev–Trinajstić information content (AvgIpc) is 3.04. The number of rotatable bonds is 4. The van der Waals surface area contributed by atoms with Crippen molar-refractivity contribution in [2.24, 2.45) is 5.92 Å². The largest absolute Gasteiger partial charge is 0.335 e. The Morgan fingerprint density at radius 1 is 1.50 bits per heavy atom. The molecule has 20 heavy (non-hydrogen) atoms. The van der Waals surface area contributed by atoms with E-state index in [4.69, 9.17) is 0 Å². The van der Waals surface area contributed by atoms with E-state index in [-0.39, 0.29) is 0 Å². The first-order valence-corrected chi connectivity index (χ1v) is 9.39. The van der Waals surface area contributed by atoms with Gasteiger partial charge in [0.1, 0.15) is 10.0 Å².